The first kappa shape index (κ1) is 17.2. The fraction of sp³-hybridized carbons (Fsp3) is 0.316. The number of aliphatic hydroxyl groups excluding tert-OH is 1. The van der Waals surface area contributed by atoms with Gasteiger partial charge in [-0.3, -0.25) is 9.69 Å². The van der Waals surface area contributed by atoms with Crippen LogP contribution in [0.4, 0.5) is 0 Å². The van der Waals surface area contributed by atoms with Gasteiger partial charge >= 0.3 is 5.97 Å². The van der Waals surface area contributed by atoms with E-state index in [1.807, 2.05) is 65.6 Å². The lowest BCUT2D eigenvalue weighted by Gasteiger charge is -2.31. The monoisotopic (exact) mass is 313 g/mol. The molecule has 0 saturated carbocycles. The molecule has 0 saturated heterocycles. The zero-order chi connectivity index (χ0) is 16.7. The van der Waals surface area contributed by atoms with Crippen molar-refractivity contribution in [3.8, 4) is 0 Å². The van der Waals surface area contributed by atoms with E-state index in [0.717, 1.165) is 11.1 Å². The lowest BCUT2D eigenvalue weighted by molar-refractivity contribution is -0.148. The van der Waals surface area contributed by atoms with E-state index in [1.54, 1.807) is 6.92 Å². The van der Waals surface area contributed by atoms with Crippen LogP contribution in [0.2, 0.25) is 0 Å². The van der Waals surface area contributed by atoms with E-state index in [-0.39, 0.29) is 0 Å². The fourth-order valence-corrected chi connectivity index (χ4v) is 2.68. The van der Waals surface area contributed by atoms with Gasteiger partial charge in [-0.1, -0.05) is 67.6 Å². The van der Waals surface area contributed by atoms with Crippen LogP contribution in [0.1, 0.15) is 24.5 Å². The second-order valence-corrected chi connectivity index (χ2v) is 5.63. The van der Waals surface area contributed by atoms with E-state index in [0.29, 0.717) is 19.5 Å². The SMILES string of the molecule is CC[C@H](O)[C@H](C(=O)O)N(Cc1ccccc1)Cc1ccccc1. The molecule has 4 heteroatoms. The van der Waals surface area contributed by atoms with Crippen molar-refractivity contribution in [2.45, 2.75) is 38.6 Å². The Hall–Kier alpha value is -2.17. The van der Waals surface area contributed by atoms with E-state index in [1.165, 1.54) is 0 Å². The fourth-order valence-electron chi connectivity index (χ4n) is 2.68. The maximum Gasteiger partial charge on any atom is 0.323 e. The highest BCUT2D eigenvalue weighted by atomic mass is 16.4. The van der Waals surface area contributed by atoms with Gasteiger partial charge in [0.2, 0.25) is 0 Å². The first-order valence-electron chi connectivity index (χ1n) is 7.84. The summed E-state index contributed by atoms with van der Waals surface area (Å²) >= 11 is 0. The number of aliphatic carboxylic acids is 1. The molecule has 0 aliphatic heterocycles. The molecule has 0 radical (unpaired) electrons. The zero-order valence-corrected chi connectivity index (χ0v) is 13.3. The molecule has 2 rings (SSSR count). The number of benzene rings is 2. The van der Waals surface area contributed by atoms with Crippen LogP contribution in [-0.4, -0.2) is 33.2 Å². The minimum absolute atomic E-state index is 0.400. The van der Waals surface area contributed by atoms with Crippen LogP contribution in [-0.2, 0) is 17.9 Å². The van der Waals surface area contributed by atoms with Gasteiger partial charge in [0.05, 0.1) is 6.10 Å². The van der Waals surface area contributed by atoms with Crippen LogP contribution in [0.25, 0.3) is 0 Å². The molecule has 0 aromatic heterocycles. The molecule has 122 valence electrons. The van der Waals surface area contributed by atoms with E-state index in [2.05, 4.69) is 0 Å². The van der Waals surface area contributed by atoms with Crippen LogP contribution in [0, 0.1) is 0 Å². The molecule has 23 heavy (non-hydrogen) atoms. The van der Waals surface area contributed by atoms with Crippen molar-refractivity contribution < 1.29 is 15.0 Å². The van der Waals surface area contributed by atoms with Gasteiger partial charge in [-0.15, -0.1) is 0 Å². The van der Waals surface area contributed by atoms with Crippen molar-refractivity contribution in [2.75, 3.05) is 0 Å². The lowest BCUT2D eigenvalue weighted by Crippen LogP contribution is -2.48. The molecule has 2 aromatic rings. The Balaban J connectivity index is 2.27. The molecule has 0 fully saturated rings. The molecule has 0 amide bonds. The third kappa shape index (κ3) is 4.91. The standard InChI is InChI=1S/C19H23NO3/c1-2-17(21)18(19(22)23)20(13-15-9-5-3-6-10-15)14-16-11-7-4-8-12-16/h3-12,17-18,21H,2,13-14H2,1H3,(H,22,23)/t17-,18+/m0/s1. The maximum absolute atomic E-state index is 11.7. The van der Waals surface area contributed by atoms with Crippen molar-refractivity contribution in [1.82, 2.24) is 4.90 Å². The summed E-state index contributed by atoms with van der Waals surface area (Å²) in [5.74, 6) is -0.994. The third-order valence-electron chi connectivity index (χ3n) is 3.89. The van der Waals surface area contributed by atoms with Crippen molar-refractivity contribution in [3.63, 3.8) is 0 Å². The topological polar surface area (TPSA) is 60.8 Å². The molecule has 0 aliphatic rings. The van der Waals surface area contributed by atoms with Crippen LogP contribution >= 0.6 is 0 Å². The molecule has 0 spiro atoms. The largest absolute Gasteiger partial charge is 0.480 e. The molecule has 2 atom stereocenters. The summed E-state index contributed by atoms with van der Waals surface area (Å²) in [7, 11) is 0. The molecule has 2 N–H and O–H groups in total. The average Bonchev–Trinajstić information content (AvgIpc) is 2.56. The van der Waals surface area contributed by atoms with Gasteiger partial charge in [0.25, 0.3) is 0 Å². The minimum atomic E-state index is -0.994. The Morgan fingerprint density at radius 1 is 0.957 bits per heavy atom. The summed E-state index contributed by atoms with van der Waals surface area (Å²) < 4.78 is 0. The summed E-state index contributed by atoms with van der Waals surface area (Å²) in [6.45, 7) is 2.75. The number of carbonyl (C=O) groups is 1. The second-order valence-electron chi connectivity index (χ2n) is 5.63. The summed E-state index contributed by atoms with van der Waals surface area (Å²) in [4.78, 5) is 13.5. The highest BCUT2D eigenvalue weighted by Gasteiger charge is 2.31. The van der Waals surface area contributed by atoms with Gasteiger partial charge in [0.15, 0.2) is 0 Å². The van der Waals surface area contributed by atoms with Crippen molar-refractivity contribution in [3.05, 3.63) is 71.8 Å². The van der Waals surface area contributed by atoms with Crippen LogP contribution in [0.5, 0.6) is 0 Å². The molecule has 0 bridgehead atoms. The number of hydrogen-bond acceptors (Lipinski definition) is 3. The van der Waals surface area contributed by atoms with Crippen LogP contribution in [0.15, 0.2) is 60.7 Å². The Kier molecular flexibility index (Phi) is 6.32. The quantitative estimate of drug-likeness (QED) is 0.786. The Morgan fingerprint density at radius 3 is 1.74 bits per heavy atom. The van der Waals surface area contributed by atoms with E-state index >= 15 is 0 Å². The summed E-state index contributed by atoms with van der Waals surface area (Å²) in [6, 6.07) is 18.5. The van der Waals surface area contributed by atoms with E-state index < -0.39 is 18.1 Å². The van der Waals surface area contributed by atoms with Gasteiger partial charge in [-0.25, -0.2) is 0 Å². The lowest BCUT2D eigenvalue weighted by atomic mass is 10.0. The van der Waals surface area contributed by atoms with Gasteiger partial charge in [0.1, 0.15) is 6.04 Å². The predicted octanol–water partition coefficient (Wildman–Crippen LogP) is 2.91. The molecular formula is C19H23NO3. The molecule has 0 heterocycles. The number of carboxylic acid groups (broad SMARTS) is 1. The third-order valence-corrected chi connectivity index (χ3v) is 3.89. The number of nitrogens with zero attached hydrogens (tertiary/aromatic N) is 1. The zero-order valence-electron chi connectivity index (χ0n) is 13.3. The number of carboxylic acids is 1. The molecule has 4 nitrogen and oxygen atoms in total. The molecular weight excluding hydrogens is 290 g/mol. The van der Waals surface area contributed by atoms with Crippen molar-refractivity contribution in [1.29, 1.82) is 0 Å². The Bertz CT molecular complexity index is 559. The summed E-state index contributed by atoms with van der Waals surface area (Å²) in [5.41, 5.74) is 2.05. The molecule has 2 aromatic carbocycles. The van der Waals surface area contributed by atoms with Crippen molar-refractivity contribution >= 4 is 5.97 Å². The van der Waals surface area contributed by atoms with E-state index in [4.69, 9.17) is 0 Å². The second kappa shape index (κ2) is 8.46. The van der Waals surface area contributed by atoms with Crippen molar-refractivity contribution in [2.24, 2.45) is 0 Å². The van der Waals surface area contributed by atoms with Crippen LogP contribution in [0.3, 0.4) is 0 Å². The Morgan fingerprint density at radius 2 is 1.39 bits per heavy atom. The normalized spacial score (nSPS) is 13.7. The predicted molar refractivity (Wildman–Crippen MR) is 89.9 cm³/mol. The Labute approximate surface area is 137 Å². The number of aliphatic hydroxyl groups is 1. The van der Waals surface area contributed by atoms with Gasteiger partial charge < -0.3 is 10.2 Å². The highest BCUT2D eigenvalue weighted by molar-refractivity contribution is 5.74. The number of rotatable bonds is 8. The minimum Gasteiger partial charge on any atom is -0.480 e. The maximum atomic E-state index is 11.7. The summed E-state index contributed by atoms with van der Waals surface area (Å²) in [5, 5.41) is 19.8. The molecule has 0 unspecified atom stereocenters. The smallest absolute Gasteiger partial charge is 0.323 e. The van der Waals surface area contributed by atoms with E-state index in [9.17, 15) is 15.0 Å². The van der Waals surface area contributed by atoms with Crippen LogP contribution < -0.4 is 0 Å². The van der Waals surface area contributed by atoms with Gasteiger partial charge in [-0.05, 0) is 17.5 Å². The summed E-state index contributed by atoms with van der Waals surface area (Å²) in [6.07, 6.45) is -0.503. The highest BCUT2D eigenvalue weighted by Crippen LogP contribution is 2.17. The first-order chi connectivity index (χ1) is 11.1. The van der Waals surface area contributed by atoms with Gasteiger partial charge in [-0.2, -0.15) is 0 Å². The first-order valence-corrected chi connectivity index (χ1v) is 7.84. The average molecular weight is 313 g/mol. The molecule has 0 aliphatic carbocycles. The number of hydrogen-bond donors (Lipinski definition) is 2. The van der Waals surface area contributed by atoms with Gasteiger partial charge in [0, 0.05) is 13.1 Å².